The lowest BCUT2D eigenvalue weighted by Crippen LogP contribution is -2.32. The number of aromatic nitrogens is 1. The van der Waals surface area contributed by atoms with Crippen molar-refractivity contribution in [3.05, 3.63) is 37.7 Å². The van der Waals surface area contributed by atoms with Gasteiger partial charge in [0.2, 0.25) is 0 Å². The molecule has 0 saturated carbocycles. The Kier molecular flexibility index (Phi) is 4.38. The molecule has 3 heterocycles. The first-order valence-electron chi connectivity index (χ1n) is 7.48. The van der Waals surface area contributed by atoms with Crippen LogP contribution in [-0.2, 0) is 11.8 Å². The van der Waals surface area contributed by atoms with E-state index < -0.39 is 0 Å². The summed E-state index contributed by atoms with van der Waals surface area (Å²) in [6.07, 6.45) is 0. The lowest BCUT2D eigenvalue weighted by atomic mass is 10.3. The third-order valence-electron chi connectivity index (χ3n) is 4.05. The van der Waals surface area contributed by atoms with Crippen molar-refractivity contribution in [2.75, 3.05) is 19.1 Å². The van der Waals surface area contributed by atoms with Crippen LogP contribution in [0.25, 0.3) is 9.93 Å². The van der Waals surface area contributed by atoms with Crippen LogP contribution < -0.4 is 29.7 Å². The number of thiocarbonyl (C=S) groups is 1. The Morgan fingerprint density at radius 2 is 1.96 bits per heavy atom. The molecule has 0 aliphatic carbocycles. The summed E-state index contributed by atoms with van der Waals surface area (Å²) in [5.74, 6) is 0.508. The fourth-order valence-corrected chi connectivity index (χ4v) is 6.34. The van der Waals surface area contributed by atoms with Crippen molar-refractivity contribution in [3.8, 4) is 5.75 Å². The average Bonchev–Trinajstić information content (AvgIpc) is 3.22. The Bertz CT molecular complexity index is 1150. The van der Waals surface area contributed by atoms with Crippen LogP contribution in [0.3, 0.4) is 0 Å². The van der Waals surface area contributed by atoms with Crippen LogP contribution in [-0.4, -0.2) is 29.0 Å². The van der Waals surface area contributed by atoms with Crippen LogP contribution in [0.1, 0.15) is 0 Å². The molecule has 2 aliphatic rings. The number of rotatable bonds is 1. The summed E-state index contributed by atoms with van der Waals surface area (Å²) in [6.45, 7) is 0. The second-order valence-electron chi connectivity index (χ2n) is 5.57. The van der Waals surface area contributed by atoms with Crippen LogP contribution in [0.2, 0.25) is 0 Å². The molecule has 26 heavy (non-hydrogen) atoms. The number of thiazole rings is 1. The summed E-state index contributed by atoms with van der Waals surface area (Å²) in [7, 11) is 5.23. The van der Waals surface area contributed by atoms with Crippen LogP contribution in [0.4, 0.5) is 5.69 Å². The van der Waals surface area contributed by atoms with Gasteiger partial charge in [-0.1, -0.05) is 35.7 Å². The average molecular weight is 424 g/mol. The minimum atomic E-state index is -0.256. The van der Waals surface area contributed by atoms with Gasteiger partial charge in [-0.05, 0) is 12.1 Å². The van der Waals surface area contributed by atoms with Gasteiger partial charge in [0.05, 0.1) is 12.8 Å². The molecule has 4 rings (SSSR count). The summed E-state index contributed by atoms with van der Waals surface area (Å²) < 4.78 is 8.43. The Morgan fingerprint density at radius 1 is 1.19 bits per heavy atom. The molecule has 1 aromatic heterocycles. The smallest absolute Gasteiger partial charge is 0.271 e. The summed E-state index contributed by atoms with van der Waals surface area (Å²) >= 11 is 9.09. The first kappa shape index (κ1) is 17.7. The zero-order chi connectivity index (χ0) is 18.6. The fourth-order valence-electron chi connectivity index (χ4n) is 2.70. The number of hydrogen-bond donors (Lipinski definition) is 1. The van der Waals surface area contributed by atoms with E-state index in [0.29, 0.717) is 18.4 Å². The highest BCUT2D eigenvalue weighted by Gasteiger charge is 2.28. The first-order valence-corrected chi connectivity index (χ1v) is 10.3. The molecule has 134 valence electrons. The van der Waals surface area contributed by atoms with Crippen LogP contribution >= 0.6 is 47.1 Å². The summed E-state index contributed by atoms with van der Waals surface area (Å²) in [5, 5.41) is 3.44. The maximum absolute atomic E-state index is 12.8. The van der Waals surface area contributed by atoms with Crippen molar-refractivity contribution in [3.63, 3.8) is 0 Å². The quantitative estimate of drug-likeness (QED) is 0.687. The van der Waals surface area contributed by atoms with E-state index in [9.17, 15) is 9.59 Å². The van der Waals surface area contributed by atoms with E-state index in [0.717, 1.165) is 21.4 Å². The van der Waals surface area contributed by atoms with E-state index in [2.05, 4.69) is 5.32 Å². The second kappa shape index (κ2) is 6.45. The molecule has 1 fully saturated rings. The molecule has 0 radical (unpaired) electrons. The third-order valence-corrected chi connectivity index (χ3v) is 8.01. The monoisotopic (exact) mass is 423 g/mol. The molecule has 0 unspecified atom stereocenters. The second-order valence-corrected chi connectivity index (χ2v) is 9.29. The highest BCUT2D eigenvalue weighted by atomic mass is 32.2. The van der Waals surface area contributed by atoms with E-state index >= 15 is 0 Å². The number of nitrogens with zero attached hydrogens (tertiary/aromatic N) is 2. The number of nitrogens with one attached hydrogen (secondary N) is 1. The predicted molar refractivity (Wildman–Crippen MR) is 111 cm³/mol. The number of fused-ring (bicyclic) bond motifs is 1. The number of methoxy groups -OCH3 is 1. The zero-order valence-electron chi connectivity index (χ0n) is 14.0. The van der Waals surface area contributed by atoms with Crippen molar-refractivity contribution < 1.29 is 9.53 Å². The minimum absolute atomic E-state index is 0.127. The van der Waals surface area contributed by atoms with Crippen molar-refractivity contribution in [1.82, 2.24) is 9.88 Å². The van der Waals surface area contributed by atoms with Crippen LogP contribution in [0.5, 0.6) is 5.75 Å². The SMILES string of the molecule is COc1ccc2c(c1)N(C)/C(=c1/s/c(=C3/SC(=S)NC3=O)n(C)c1=O)S2. The lowest BCUT2D eigenvalue weighted by molar-refractivity contribution is -0.113. The van der Waals surface area contributed by atoms with Gasteiger partial charge in [0.25, 0.3) is 11.5 Å². The number of carbonyl (C=O) groups excluding carboxylic acids is 1. The fraction of sp³-hybridized carbons (Fsp3) is 0.188. The molecule has 2 aliphatic heterocycles. The van der Waals surface area contributed by atoms with E-state index in [4.69, 9.17) is 17.0 Å². The van der Waals surface area contributed by atoms with Crippen molar-refractivity contribution in [1.29, 1.82) is 0 Å². The highest BCUT2D eigenvalue weighted by Crippen LogP contribution is 2.46. The largest absolute Gasteiger partial charge is 0.497 e. The molecular weight excluding hydrogens is 410 g/mol. The third kappa shape index (κ3) is 2.68. The number of benzene rings is 1. The summed E-state index contributed by atoms with van der Waals surface area (Å²) in [4.78, 5) is 28.4. The van der Waals surface area contributed by atoms with Gasteiger partial charge in [-0.3, -0.25) is 9.59 Å². The Morgan fingerprint density at radius 3 is 2.62 bits per heavy atom. The highest BCUT2D eigenvalue weighted by molar-refractivity contribution is 8.30. The van der Waals surface area contributed by atoms with Crippen LogP contribution in [0.15, 0.2) is 27.9 Å². The van der Waals surface area contributed by atoms with Gasteiger partial charge in [0.15, 0.2) is 0 Å². The summed E-state index contributed by atoms with van der Waals surface area (Å²) in [5.41, 5.74) is 0.862. The molecule has 0 bridgehead atoms. The summed E-state index contributed by atoms with van der Waals surface area (Å²) in [6, 6.07) is 5.83. The lowest BCUT2D eigenvalue weighted by Gasteiger charge is -2.13. The van der Waals surface area contributed by atoms with Crippen LogP contribution in [0, 0.1) is 0 Å². The van der Waals surface area contributed by atoms with Gasteiger partial charge in [-0.2, -0.15) is 0 Å². The van der Waals surface area contributed by atoms with Crippen molar-refractivity contribution in [2.45, 2.75) is 4.90 Å². The van der Waals surface area contributed by atoms with E-state index in [1.807, 2.05) is 30.1 Å². The number of ether oxygens (including phenoxy) is 1. The topological polar surface area (TPSA) is 63.6 Å². The van der Waals surface area contributed by atoms with Gasteiger partial charge in [0, 0.05) is 25.1 Å². The van der Waals surface area contributed by atoms with Gasteiger partial charge < -0.3 is 19.5 Å². The maximum atomic E-state index is 12.8. The standard InChI is InChI=1S/C16H13N3O3S4/c1-18-8-6-7(22-3)4-5-9(8)24-15(18)11-13(21)19(2)14(25-11)10-12(20)17-16(23)26-10/h4-6H,1-3H3,(H,17,20,23)/b14-10+,15-11-. The number of thioether (sulfide) groups is 2. The molecule has 0 spiro atoms. The van der Waals surface area contributed by atoms with Gasteiger partial charge in [-0.25, -0.2) is 0 Å². The molecule has 1 saturated heterocycles. The predicted octanol–water partition coefficient (Wildman–Crippen LogP) is 1.02. The molecule has 1 N–H and O–H groups in total. The Labute approximate surface area is 166 Å². The molecule has 1 amide bonds. The molecule has 10 heteroatoms. The van der Waals surface area contributed by atoms with E-state index in [1.54, 1.807) is 14.2 Å². The number of anilines is 1. The minimum Gasteiger partial charge on any atom is -0.497 e. The van der Waals surface area contributed by atoms with E-state index in [1.165, 1.54) is 39.4 Å². The van der Waals surface area contributed by atoms with Crippen molar-refractivity contribution in [2.24, 2.45) is 7.05 Å². The Balaban J connectivity index is 1.94. The van der Waals surface area contributed by atoms with Crippen molar-refractivity contribution >= 4 is 72.9 Å². The number of hydrogen-bond acceptors (Lipinski definition) is 8. The molecule has 6 nitrogen and oxygen atoms in total. The van der Waals surface area contributed by atoms with Gasteiger partial charge in [0.1, 0.15) is 29.2 Å². The first-order chi connectivity index (χ1) is 12.4. The normalized spacial score (nSPS) is 20.5. The van der Waals surface area contributed by atoms with E-state index in [-0.39, 0.29) is 11.5 Å². The zero-order valence-corrected chi connectivity index (χ0v) is 17.3. The molecule has 0 atom stereocenters. The molecule has 1 aromatic carbocycles. The Hall–Kier alpha value is -1.75. The van der Waals surface area contributed by atoms with Gasteiger partial charge >= 0.3 is 0 Å². The maximum Gasteiger partial charge on any atom is 0.271 e. The molecular formula is C16H13N3O3S4. The number of carbonyl (C=O) groups is 1. The molecule has 2 aromatic rings. The van der Waals surface area contributed by atoms with Gasteiger partial charge in [-0.15, -0.1) is 11.3 Å². The number of amides is 1.